The summed E-state index contributed by atoms with van der Waals surface area (Å²) in [7, 11) is 0. The Kier molecular flexibility index (Phi) is 5.05. The fraction of sp³-hybridized carbons (Fsp3) is 0.778. The van der Waals surface area contributed by atoms with E-state index < -0.39 is 0 Å². The molecule has 0 bridgehead atoms. The topological polar surface area (TPSA) is 68.6 Å². The van der Waals surface area contributed by atoms with Gasteiger partial charge in [0.05, 0.1) is 38.0 Å². The van der Waals surface area contributed by atoms with E-state index in [-0.39, 0.29) is 18.2 Å². The SMILES string of the molecule is C[C@@H](C1CC1)n1nccc1NC(=O)CN1CCCC[C@@H]1C1OCCO1. The highest BCUT2D eigenvalue weighted by atomic mass is 16.7. The summed E-state index contributed by atoms with van der Waals surface area (Å²) in [5, 5.41) is 7.45. The van der Waals surface area contributed by atoms with Gasteiger partial charge < -0.3 is 14.8 Å². The van der Waals surface area contributed by atoms with E-state index in [1.807, 2.05) is 10.7 Å². The zero-order chi connectivity index (χ0) is 17.2. The Morgan fingerprint density at radius 2 is 2.12 bits per heavy atom. The van der Waals surface area contributed by atoms with Crippen molar-refractivity contribution in [1.82, 2.24) is 14.7 Å². The van der Waals surface area contributed by atoms with E-state index in [0.717, 1.165) is 31.6 Å². The summed E-state index contributed by atoms with van der Waals surface area (Å²) in [6.45, 7) is 4.77. The standard InChI is InChI=1S/C18H28N4O3/c1-13(14-5-6-14)22-16(7-8-19-22)20-17(23)12-21-9-3-2-4-15(21)18-24-10-11-25-18/h7-8,13-15,18H,2-6,9-12H2,1H3,(H,20,23)/t13-,15+/m0/s1. The average Bonchev–Trinajstić information content (AvgIpc) is 3.13. The van der Waals surface area contributed by atoms with Gasteiger partial charge in [-0.2, -0.15) is 5.10 Å². The number of ether oxygens (including phenoxy) is 2. The Morgan fingerprint density at radius 3 is 2.88 bits per heavy atom. The molecule has 2 saturated heterocycles. The Bertz CT molecular complexity index is 595. The number of nitrogens with zero attached hydrogens (tertiary/aromatic N) is 3. The molecule has 0 unspecified atom stereocenters. The van der Waals surface area contributed by atoms with Crippen molar-refractivity contribution < 1.29 is 14.3 Å². The molecule has 2 aliphatic heterocycles. The van der Waals surface area contributed by atoms with Crippen LogP contribution in [0, 0.1) is 5.92 Å². The van der Waals surface area contributed by atoms with Crippen LogP contribution in [0.4, 0.5) is 5.82 Å². The van der Waals surface area contributed by atoms with Gasteiger partial charge in [-0.3, -0.25) is 9.69 Å². The van der Waals surface area contributed by atoms with Gasteiger partial charge in [0.15, 0.2) is 6.29 Å². The molecule has 1 saturated carbocycles. The average molecular weight is 348 g/mol. The van der Waals surface area contributed by atoms with Crippen LogP contribution in [0.5, 0.6) is 0 Å². The maximum atomic E-state index is 12.6. The lowest BCUT2D eigenvalue weighted by Crippen LogP contribution is -2.50. The zero-order valence-corrected chi connectivity index (χ0v) is 14.9. The second kappa shape index (κ2) is 7.43. The first-order chi connectivity index (χ1) is 12.2. The maximum Gasteiger partial charge on any atom is 0.239 e. The predicted octanol–water partition coefficient (Wildman–Crippen LogP) is 2.02. The van der Waals surface area contributed by atoms with E-state index in [1.54, 1.807) is 6.20 Å². The van der Waals surface area contributed by atoms with Gasteiger partial charge in [-0.15, -0.1) is 0 Å². The fourth-order valence-electron chi connectivity index (χ4n) is 4.00. The van der Waals surface area contributed by atoms with Gasteiger partial charge in [-0.05, 0) is 45.1 Å². The van der Waals surface area contributed by atoms with E-state index >= 15 is 0 Å². The van der Waals surface area contributed by atoms with Gasteiger partial charge in [-0.1, -0.05) is 6.42 Å². The summed E-state index contributed by atoms with van der Waals surface area (Å²) < 4.78 is 13.3. The highest BCUT2D eigenvalue weighted by Gasteiger charge is 2.35. The molecule has 3 heterocycles. The molecule has 4 rings (SSSR count). The van der Waals surface area contributed by atoms with Gasteiger partial charge in [0.2, 0.25) is 5.91 Å². The molecule has 0 spiro atoms. The summed E-state index contributed by atoms with van der Waals surface area (Å²) in [6.07, 6.45) is 7.39. The zero-order valence-electron chi connectivity index (χ0n) is 14.9. The molecule has 1 amide bonds. The lowest BCUT2D eigenvalue weighted by molar-refractivity contribution is -0.127. The molecule has 0 radical (unpaired) electrons. The summed E-state index contributed by atoms with van der Waals surface area (Å²) in [5.74, 6) is 1.50. The van der Waals surface area contributed by atoms with E-state index in [2.05, 4.69) is 22.2 Å². The second-order valence-corrected chi connectivity index (χ2v) is 7.43. The fourth-order valence-corrected chi connectivity index (χ4v) is 4.00. The first-order valence-corrected chi connectivity index (χ1v) is 9.53. The van der Waals surface area contributed by atoms with E-state index in [4.69, 9.17) is 9.47 Å². The van der Waals surface area contributed by atoms with Crippen LogP contribution in [-0.4, -0.2) is 59.2 Å². The molecule has 2 atom stereocenters. The van der Waals surface area contributed by atoms with Crippen LogP contribution in [0.3, 0.4) is 0 Å². The number of carbonyl (C=O) groups is 1. The Morgan fingerprint density at radius 1 is 1.32 bits per heavy atom. The van der Waals surface area contributed by atoms with Gasteiger partial charge in [0, 0.05) is 6.07 Å². The maximum absolute atomic E-state index is 12.6. The first kappa shape index (κ1) is 17.0. The highest BCUT2D eigenvalue weighted by molar-refractivity contribution is 5.91. The van der Waals surface area contributed by atoms with Crippen molar-refractivity contribution in [2.75, 3.05) is 31.6 Å². The number of piperidine rings is 1. The third kappa shape index (κ3) is 3.88. The number of carbonyl (C=O) groups excluding carboxylic acids is 1. The van der Waals surface area contributed by atoms with E-state index in [0.29, 0.717) is 31.7 Å². The van der Waals surface area contributed by atoms with Crippen LogP contribution in [0.25, 0.3) is 0 Å². The first-order valence-electron chi connectivity index (χ1n) is 9.53. The number of likely N-dealkylation sites (tertiary alicyclic amines) is 1. The molecule has 1 aromatic heterocycles. The molecular formula is C18H28N4O3. The second-order valence-electron chi connectivity index (χ2n) is 7.43. The van der Waals surface area contributed by atoms with Crippen LogP contribution in [0.2, 0.25) is 0 Å². The molecule has 138 valence electrons. The van der Waals surface area contributed by atoms with Crippen molar-refractivity contribution in [3.8, 4) is 0 Å². The summed E-state index contributed by atoms with van der Waals surface area (Å²) in [6, 6.07) is 2.40. The van der Waals surface area contributed by atoms with Crippen LogP contribution < -0.4 is 5.32 Å². The third-order valence-electron chi connectivity index (χ3n) is 5.60. The molecule has 7 heteroatoms. The molecular weight excluding hydrogens is 320 g/mol. The Balaban J connectivity index is 1.37. The summed E-state index contributed by atoms with van der Waals surface area (Å²) >= 11 is 0. The van der Waals surface area contributed by atoms with Crippen LogP contribution in [0.15, 0.2) is 12.3 Å². The van der Waals surface area contributed by atoms with Gasteiger partial charge in [-0.25, -0.2) is 4.68 Å². The molecule has 1 N–H and O–H groups in total. The van der Waals surface area contributed by atoms with Crippen molar-refractivity contribution in [2.45, 2.75) is 57.4 Å². The number of amides is 1. The quantitative estimate of drug-likeness (QED) is 0.852. The van der Waals surface area contributed by atoms with Crippen molar-refractivity contribution >= 4 is 11.7 Å². The summed E-state index contributed by atoms with van der Waals surface area (Å²) in [4.78, 5) is 14.8. The number of aromatic nitrogens is 2. The third-order valence-corrected chi connectivity index (χ3v) is 5.60. The number of hydrogen-bond acceptors (Lipinski definition) is 5. The molecule has 0 aromatic carbocycles. The smallest absolute Gasteiger partial charge is 0.239 e. The number of nitrogens with one attached hydrogen (secondary N) is 1. The van der Waals surface area contributed by atoms with Gasteiger partial charge in [0.25, 0.3) is 0 Å². The minimum absolute atomic E-state index is 0.00893. The van der Waals surface area contributed by atoms with Crippen LogP contribution in [-0.2, 0) is 14.3 Å². The van der Waals surface area contributed by atoms with Crippen LogP contribution in [0.1, 0.15) is 45.1 Å². The number of rotatable bonds is 6. The molecule has 3 aliphatic rings. The minimum atomic E-state index is -0.187. The van der Waals surface area contributed by atoms with E-state index in [9.17, 15) is 4.79 Å². The predicted molar refractivity (Wildman–Crippen MR) is 93.2 cm³/mol. The van der Waals surface area contributed by atoms with Crippen molar-refractivity contribution in [2.24, 2.45) is 5.92 Å². The molecule has 1 aromatic rings. The molecule has 7 nitrogen and oxygen atoms in total. The van der Waals surface area contributed by atoms with Gasteiger partial charge in [0.1, 0.15) is 5.82 Å². The van der Waals surface area contributed by atoms with E-state index in [1.165, 1.54) is 12.8 Å². The van der Waals surface area contributed by atoms with Crippen molar-refractivity contribution in [3.63, 3.8) is 0 Å². The summed E-state index contributed by atoms with van der Waals surface area (Å²) in [5.41, 5.74) is 0. The monoisotopic (exact) mass is 348 g/mol. The Hall–Kier alpha value is -1.44. The largest absolute Gasteiger partial charge is 0.349 e. The normalized spacial score (nSPS) is 26.7. The number of hydrogen-bond donors (Lipinski definition) is 1. The molecule has 1 aliphatic carbocycles. The molecule has 3 fully saturated rings. The Labute approximate surface area is 148 Å². The lowest BCUT2D eigenvalue weighted by Gasteiger charge is -2.37. The highest BCUT2D eigenvalue weighted by Crippen LogP contribution is 2.40. The van der Waals surface area contributed by atoms with Crippen molar-refractivity contribution in [3.05, 3.63) is 12.3 Å². The van der Waals surface area contributed by atoms with Crippen LogP contribution >= 0.6 is 0 Å². The van der Waals surface area contributed by atoms with Gasteiger partial charge >= 0.3 is 0 Å². The van der Waals surface area contributed by atoms with Crippen molar-refractivity contribution in [1.29, 1.82) is 0 Å². The number of anilines is 1. The molecule has 25 heavy (non-hydrogen) atoms. The minimum Gasteiger partial charge on any atom is -0.349 e. The lowest BCUT2D eigenvalue weighted by atomic mass is 10.0.